The predicted octanol–water partition coefficient (Wildman–Crippen LogP) is 1.96. The van der Waals surface area contributed by atoms with E-state index < -0.39 is 24.1 Å². The van der Waals surface area contributed by atoms with Crippen LogP contribution >= 0.6 is 7.60 Å². The molecule has 0 unspecified atom stereocenters. The van der Waals surface area contributed by atoms with Crippen molar-refractivity contribution in [2.75, 3.05) is 12.6 Å². The Hall–Kier alpha value is 0.0600. The van der Waals surface area contributed by atoms with Crippen LogP contribution in [0.4, 0.5) is 0 Å². The van der Waals surface area contributed by atoms with Crippen LogP contribution < -0.4 is 0 Å². The molecule has 0 aromatic rings. The molecule has 0 atom stereocenters. The lowest BCUT2D eigenvalue weighted by Gasteiger charge is -2.21. The second kappa shape index (κ2) is 6.12. The second-order valence-electron chi connectivity index (χ2n) is 3.87. The summed E-state index contributed by atoms with van der Waals surface area (Å²) in [5, 5.41) is 0. The molecule has 0 aliphatic rings. The van der Waals surface area contributed by atoms with Gasteiger partial charge in [-0.15, -0.1) is 0 Å². The molecule has 0 aromatic heterocycles. The van der Waals surface area contributed by atoms with Gasteiger partial charge >= 0.3 is 7.60 Å². The Bertz CT molecular complexity index is 334. The van der Waals surface area contributed by atoms with Crippen molar-refractivity contribution in [1.29, 1.82) is 0 Å². The van der Waals surface area contributed by atoms with E-state index in [1.54, 1.807) is 27.7 Å². The summed E-state index contributed by atoms with van der Waals surface area (Å²) in [5.74, 6) is 0. The number of hydrogen-bond donors (Lipinski definition) is 0. The van der Waals surface area contributed by atoms with E-state index in [4.69, 9.17) is 9.05 Å². The van der Waals surface area contributed by atoms with E-state index in [-0.39, 0.29) is 12.2 Å². The van der Waals surface area contributed by atoms with Crippen molar-refractivity contribution < 1.29 is 26.2 Å². The lowest BCUT2D eigenvalue weighted by Crippen LogP contribution is -2.13. The minimum atomic E-state index is -3.66. The number of hydrogen-bond acceptors (Lipinski definition) is 6. The number of rotatable bonds is 7. The van der Waals surface area contributed by atoms with Crippen molar-refractivity contribution in [2.45, 2.75) is 39.9 Å². The van der Waals surface area contributed by atoms with Crippen LogP contribution in [-0.2, 0) is 27.9 Å². The van der Waals surface area contributed by atoms with Crippen molar-refractivity contribution in [3.63, 3.8) is 0 Å². The molecular weight excluding hydrogens is 255 g/mol. The molecule has 0 aliphatic heterocycles. The highest BCUT2D eigenvalue weighted by atomic mass is 32.2. The molecular formula is C8H19O6PS. The fraction of sp³-hybridized carbons (Fsp3) is 1.00. The van der Waals surface area contributed by atoms with Gasteiger partial charge in [-0.1, -0.05) is 0 Å². The summed E-state index contributed by atoms with van der Waals surface area (Å²) in [6.07, 6.45) is -0.398. The van der Waals surface area contributed by atoms with E-state index in [1.807, 2.05) is 0 Å². The lowest BCUT2D eigenvalue weighted by molar-refractivity contribution is 0.130. The summed E-state index contributed by atoms with van der Waals surface area (Å²) in [7, 11) is -7.19. The predicted molar refractivity (Wildman–Crippen MR) is 60.8 cm³/mol. The van der Waals surface area contributed by atoms with Gasteiger partial charge in [0.1, 0.15) is 0 Å². The van der Waals surface area contributed by atoms with Gasteiger partial charge < -0.3 is 9.05 Å². The summed E-state index contributed by atoms with van der Waals surface area (Å²) in [6, 6.07) is 0. The molecule has 0 bridgehead atoms. The Labute approximate surface area is 96.9 Å². The standard InChI is InChI=1S/C8H19O6PS/c1-7(2)13-15(9,14-8(3)4)6-12-16(5,10)11/h7-8H,6H2,1-5H3. The Morgan fingerprint density at radius 3 is 1.69 bits per heavy atom. The van der Waals surface area contributed by atoms with Gasteiger partial charge in [-0.25, -0.2) is 0 Å². The fourth-order valence-corrected chi connectivity index (χ4v) is 3.63. The zero-order chi connectivity index (χ0) is 13.0. The van der Waals surface area contributed by atoms with Gasteiger partial charge in [-0.3, -0.25) is 8.75 Å². The van der Waals surface area contributed by atoms with Gasteiger partial charge in [0.2, 0.25) is 0 Å². The molecule has 16 heavy (non-hydrogen) atoms. The van der Waals surface area contributed by atoms with E-state index in [0.717, 1.165) is 6.26 Å². The highest BCUT2D eigenvalue weighted by molar-refractivity contribution is 7.86. The molecule has 0 spiro atoms. The molecule has 0 saturated carbocycles. The summed E-state index contributed by atoms with van der Waals surface area (Å²) in [6.45, 7) is 6.71. The molecule has 0 heterocycles. The first-order valence-electron chi connectivity index (χ1n) is 4.84. The third-order valence-corrected chi connectivity index (χ3v) is 3.82. The Morgan fingerprint density at radius 2 is 1.44 bits per heavy atom. The molecule has 0 amide bonds. The van der Waals surface area contributed by atoms with Crippen molar-refractivity contribution in [3.8, 4) is 0 Å². The van der Waals surface area contributed by atoms with Crippen LogP contribution in [0.15, 0.2) is 0 Å². The minimum Gasteiger partial charge on any atom is -0.304 e. The third-order valence-electron chi connectivity index (χ3n) is 1.17. The van der Waals surface area contributed by atoms with Crippen molar-refractivity contribution >= 4 is 17.7 Å². The zero-order valence-electron chi connectivity index (χ0n) is 10.2. The second-order valence-corrected chi connectivity index (χ2v) is 7.42. The largest absolute Gasteiger partial charge is 0.358 e. The van der Waals surface area contributed by atoms with Crippen molar-refractivity contribution in [2.24, 2.45) is 0 Å². The van der Waals surface area contributed by atoms with Gasteiger partial charge in [-0.05, 0) is 27.7 Å². The molecule has 0 saturated heterocycles. The molecule has 6 nitrogen and oxygen atoms in total. The summed E-state index contributed by atoms with van der Waals surface area (Å²) in [4.78, 5) is 0. The first kappa shape index (κ1) is 16.1. The normalized spacial score (nSPS) is 13.7. The average molecular weight is 274 g/mol. The van der Waals surface area contributed by atoms with Crippen LogP contribution in [0.5, 0.6) is 0 Å². The average Bonchev–Trinajstić information content (AvgIpc) is 1.96. The van der Waals surface area contributed by atoms with Crippen LogP contribution in [0.25, 0.3) is 0 Å². The van der Waals surface area contributed by atoms with E-state index in [1.165, 1.54) is 0 Å². The zero-order valence-corrected chi connectivity index (χ0v) is 11.9. The lowest BCUT2D eigenvalue weighted by atomic mass is 10.5. The molecule has 8 heteroatoms. The van der Waals surface area contributed by atoms with Gasteiger partial charge in [-0.2, -0.15) is 8.42 Å². The first-order valence-corrected chi connectivity index (χ1v) is 8.39. The van der Waals surface area contributed by atoms with Gasteiger partial charge in [0.25, 0.3) is 10.1 Å². The van der Waals surface area contributed by atoms with Crippen molar-refractivity contribution in [3.05, 3.63) is 0 Å². The Kier molecular flexibility index (Phi) is 6.14. The summed E-state index contributed by atoms with van der Waals surface area (Å²) in [5.41, 5.74) is 0. The van der Waals surface area contributed by atoms with Gasteiger partial charge in [0.15, 0.2) is 6.35 Å². The maximum atomic E-state index is 12.0. The third kappa shape index (κ3) is 8.24. The van der Waals surface area contributed by atoms with Crippen LogP contribution in [-0.4, -0.2) is 33.2 Å². The molecule has 0 N–H and O–H groups in total. The fourth-order valence-electron chi connectivity index (χ4n) is 0.888. The monoisotopic (exact) mass is 274 g/mol. The van der Waals surface area contributed by atoms with Gasteiger partial charge in [0.05, 0.1) is 18.5 Å². The van der Waals surface area contributed by atoms with Gasteiger partial charge in [0, 0.05) is 0 Å². The quantitative estimate of drug-likeness (QED) is 0.521. The molecule has 0 aromatic carbocycles. The molecule has 0 aliphatic carbocycles. The topological polar surface area (TPSA) is 78.9 Å². The molecule has 0 radical (unpaired) electrons. The summed E-state index contributed by atoms with van der Waals surface area (Å²) >= 11 is 0. The van der Waals surface area contributed by atoms with Crippen LogP contribution in [0, 0.1) is 0 Å². The first-order chi connectivity index (χ1) is 7.04. The minimum absolute atomic E-state index is 0.340. The highest BCUT2D eigenvalue weighted by Gasteiger charge is 2.29. The molecule has 0 rings (SSSR count). The smallest absolute Gasteiger partial charge is 0.304 e. The van der Waals surface area contributed by atoms with E-state index in [2.05, 4.69) is 4.18 Å². The van der Waals surface area contributed by atoms with Crippen LogP contribution in [0.2, 0.25) is 0 Å². The highest BCUT2D eigenvalue weighted by Crippen LogP contribution is 2.50. The van der Waals surface area contributed by atoms with E-state index in [9.17, 15) is 13.0 Å². The summed E-state index contributed by atoms with van der Waals surface area (Å²) < 4.78 is 48.3. The van der Waals surface area contributed by atoms with Crippen LogP contribution in [0.3, 0.4) is 0 Å². The molecule has 0 fully saturated rings. The Balaban J connectivity index is 4.61. The van der Waals surface area contributed by atoms with E-state index >= 15 is 0 Å². The van der Waals surface area contributed by atoms with Crippen LogP contribution in [0.1, 0.15) is 27.7 Å². The van der Waals surface area contributed by atoms with Crippen molar-refractivity contribution in [1.82, 2.24) is 0 Å². The Morgan fingerprint density at radius 1 is 1.06 bits per heavy atom. The SMILES string of the molecule is CC(C)OP(=O)(COS(C)(=O)=O)OC(C)C. The maximum Gasteiger partial charge on any atom is 0.358 e. The maximum absolute atomic E-state index is 12.0. The molecule has 98 valence electrons. The van der Waals surface area contributed by atoms with E-state index in [0.29, 0.717) is 0 Å².